The van der Waals surface area contributed by atoms with Gasteiger partial charge in [-0.05, 0) is 73.5 Å². The number of nitrogens with zero attached hydrogens (tertiary/aromatic N) is 4. The maximum absolute atomic E-state index is 4.05. The first-order chi connectivity index (χ1) is 8.63. The molecule has 0 unspecified atom stereocenters. The Kier molecular flexibility index (Phi) is 4.47. The third kappa shape index (κ3) is 2.78. The molecular formula is C11H13Br2N5. The Morgan fingerprint density at radius 2 is 1.94 bits per heavy atom. The number of rotatable bonds is 4. The fraction of sp³-hybridized carbons (Fsp3) is 0.364. The standard InChI is InChI=1S/C11H13Br2N5/c1-3-14-6-10-15-16-17-18(10)11-8(12)4-7(2)5-9(11)13/h4-5,14H,3,6H2,1-2H3. The van der Waals surface area contributed by atoms with Gasteiger partial charge < -0.3 is 5.32 Å². The average molecular weight is 375 g/mol. The van der Waals surface area contributed by atoms with Crippen LogP contribution in [0.1, 0.15) is 18.3 Å². The molecule has 0 bridgehead atoms. The van der Waals surface area contributed by atoms with Crippen molar-refractivity contribution in [3.05, 3.63) is 32.5 Å². The molecule has 0 aliphatic carbocycles. The highest BCUT2D eigenvalue weighted by molar-refractivity contribution is 9.11. The lowest BCUT2D eigenvalue weighted by molar-refractivity contribution is 0.662. The van der Waals surface area contributed by atoms with Crippen LogP contribution in [0.15, 0.2) is 21.1 Å². The largest absolute Gasteiger partial charge is 0.310 e. The normalized spacial score (nSPS) is 10.9. The van der Waals surface area contributed by atoms with Crippen molar-refractivity contribution in [3.63, 3.8) is 0 Å². The highest BCUT2D eigenvalue weighted by Crippen LogP contribution is 2.30. The molecule has 2 aromatic rings. The molecule has 0 radical (unpaired) electrons. The molecule has 0 saturated carbocycles. The molecule has 1 N–H and O–H groups in total. The minimum atomic E-state index is 0.635. The molecule has 0 saturated heterocycles. The van der Waals surface area contributed by atoms with Crippen LogP contribution in [0.4, 0.5) is 0 Å². The summed E-state index contributed by atoms with van der Waals surface area (Å²) in [5, 5.41) is 15.0. The molecule has 18 heavy (non-hydrogen) atoms. The van der Waals surface area contributed by atoms with Gasteiger partial charge in [-0.25, -0.2) is 0 Å². The summed E-state index contributed by atoms with van der Waals surface area (Å²) >= 11 is 7.11. The van der Waals surface area contributed by atoms with Crippen LogP contribution >= 0.6 is 31.9 Å². The van der Waals surface area contributed by atoms with Gasteiger partial charge in [0.15, 0.2) is 5.82 Å². The topological polar surface area (TPSA) is 55.6 Å². The molecular weight excluding hydrogens is 362 g/mol. The molecule has 0 amide bonds. The van der Waals surface area contributed by atoms with Gasteiger partial charge in [-0.1, -0.05) is 6.92 Å². The second kappa shape index (κ2) is 5.90. The van der Waals surface area contributed by atoms with E-state index in [9.17, 15) is 0 Å². The maximum Gasteiger partial charge on any atom is 0.170 e. The van der Waals surface area contributed by atoms with E-state index in [0.29, 0.717) is 6.54 Å². The van der Waals surface area contributed by atoms with Crippen LogP contribution < -0.4 is 5.32 Å². The van der Waals surface area contributed by atoms with Crippen molar-refractivity contribution >= 4 is 31.9 Å². The summed E-state index contributed by atoms with van der Waals surface area (Å²) in [7, 11) is 0. The van der Waals surface area contributed by atoms with Gasteiger partial charge in [0.1, 0.15) is 0 Å². The summed E-state index contributed by atoms with van der Waals surface area (Å²) in [4.78, 5) is 0. The number of hydrogen-bond acceptors (Lipinski definition) is 4. The van der Waals surface area contributed by atoms with Gasteiger partial charge in [0, 0.05) is 8.95 Å². The monoisotopic (exact) mass is 373 g/mol. The summed E-state index contributed by atoms with van der Waals surface area (Å²) in [6.07, 6.45) is 0. The van der Waals surface area contributed by atoms with E-state index in [0.717, 1.165) is 27.0 Å². The van der Waals surface area contributed by atoms with Crippen LogP contribution in [0.25, 0.3) is 5.69 Å². The van der Waals surface area contributed by atoms with E-state index >= 15 is 0 Å². The molecule has 0 spiro atoms. The fourth-order valence-electron chi connectivity index (χ4n) is 1.62. The van der Waals surface area contributed by atoms with E-state index in [1.165, 1.54) is 5.56 Å². The van der Waals surface area contributed by atoms with E-state index in [1.54, 1.807) is 4.68 Å². The summed E-state index contributed by atoms with van der Waals surface area (Å²) in [5.74, 6) is 0.780. The van der Waals surface area contributed by atoms with Gasteiger partial charge in [-0.15, -0.1) is 5.10 Å². The number of halogens is 2. The van der Waals surface area contributed by atoms with Crippen molar-refractivity contribution in [2.75, 3.05) is 6.54 Å². The van der Waals surface area contributed by atoms with Gasteiger partial charge in [0.2, 0.25) is 0 Å². The van der Waals surface area contributed by atoms with Gasteiger partial charge in [0.05, 0.1) is 12.2 Å². The lowest BCUT2D eigenvalue weighted by Crippen LogP contribution is -2.16. The number of benzene rings is 1. The molecule has 2 rings (SSSR count). The molecule has 7 heteroatoms. The van der Waals surface area contributed by atoms with Gasteiger partial charge in [-0.2, -0.15) is 4.68 Å². The minimum Gasteiger partial charge on any atom is -0.310 e. The quantitative estimate of drug-likeness (QED) is 0.893. The Bertz CT molecular complexity index is 529. The van der Waals surface area contributed by atoms with E-state index in [2.05, 4.69) is 52.7 Å². The molecule has 0 aliphatic rings. The molecule has 96 valence electrons. The summed E-state index contributed by atoms with van der Waals surface area (Å²) < 4.78 is 3.65. The predicted octanol–water partition coefficient (Wildman–Crippen LogP) is 2.61. The van der Waals surface area contributed by atoms with E-state index in [4.69, 9.17) is 0 Å². The Morgan fingerprint density at radius 3 is 2.56 bits per heavy atom. The minimum absolute atomic E-state index is 0.635. The number of aromatic nitrogens is 4. The number of tetrazole rings is 1. The van der Waals surface area contributed by atoms with Gasteiger partial charge in [0.25, 0.3) is 0 Å². The van der Waals surface area contributed by atoms with Crippen LogP contribution in [0.5, 0.6) is 0 Å². The van der Waals surface area contributed by atoms with Crippen molar-refractivity contribution in [1.82, 2.24) is 25.5 Å². The number of aryl methyl sites for hydroxylation is 1. The first kappa shape index (κ1) is 13.6. The van der Waals surface area contributed by atoms with Gasteiger partial charge >= 0.3 is 0 Å². The van der Waals surface area contributed by atoms with Crippen LogP contribution in [-0.4, -0.2) is 26.8 Å². The Hall–Kier alpha value is -0.790. The smallest absolute Gasteiger partial charge is 0.170 e. The SMILES string of the molecule is CCNCc1nnnn1-c1c(Br)cc(C)cc1Br. The van der Waals surface area contributed by atoms with Crippen molar-refractivity contribution in [2.45, 2.75) is 20.4 Å². The van der Waals surface area contributed by atoms with Crippen molar-refractivity contribution in [3.8, 4) is 5.69 Å². The molecule has 0 atom stereocenters. The Balaban J connectivity index is 2.46. The van der Waals surface area contributed by atoms with Crippen LogP contribution in [-0.2, 0) is 6.54 Å². The molecule has 1 aromatic heterocycles. The Labute approximate surface area is 122 Å². The van der Waals surface area contributed by atoms with Crippen LogP contribution in [0.3, 0.4) is 0 Å². The molecule has 1 aromatic carbocycles. The highest BCUT2D eigenvalue weighted by atomic mass is 79.9. The van der Waals surface area contributed by atoms with E-state index in [-0.39, 0.29) is 0 Å². The van der Waals surface area contributed by atoms with Gasteiger partial charge in [-0.3, -0.25) is 0 Å². The lowest BCUT2D eigenvalue weighted by Gasteiger charge is -2.10. The number of hydrogen-bond donors (Lipinski definition) is 1. The highest BCUT2D eigenvalue weighted by Gasteiger charge is 2.14. The average Bonchev–Trinajstić information content (AvgIpc) is 2.73. The number of nitrogens with one attached hydrogen (secondary N) is 1. The van der Waals surface area contributed by atoms with Crippen molar-refractivity contribution in [1.29, 1.82) is 0 Å². The first-order valence-electron chi connectivity index (χ1n) is 5.57. The molecule has 1 heterocycles. The second-order valence-corrected chi connectivity index (χ2v) is 5.57. The third-order valence-corrected chi connectivity index (χ3v) is 3.65. The molecule has 5 nitrogen and oxygen atoms in total. The van der Waals surface area contributed by atoms with Crippen molar-refractivity contribution < 1.29 is 0 Å². The van der Waals surface area contributed by atoms with Crippen LogP contribution in [0, 0.1) is 6.92 Å². The Morgan fingerprint density at radius 1 is 1.28 bits per heavy atom. The molecule has 0 fully saturated rings. The zero-order valence-electron chi connectivity index (χ0n) is 10.1. The fourth-order valence-corrected chi connectivity index (χ4v) is 3.37. The first-order valence-corrected chi connectivity index (χ1v) is 7.16. The zero-order chi connectivity index (χ0) is 13.1. The molecule has 0 aliphatic heterocycles. The second-order valence-electron chi connectivity index (χ2n) is 3.86. The van der Waals surface area contributed by atoms with Crippen molar-refractivity contribution in [2.24, 2.45) is 0 Å². The third-order valence-electron chi connectivity index (χ3n) is 2.44. The summed E-state index contributed by atoms with van der Waals surface area (Å²) in [5.41, 5.74) is 2.08. The van der Waals surface area contributed by atoms with Crippen LogP contribution in [0.2, 0.25) is 0 Å². The lowest BCUT2D eigenvalue weighted by atomic mass is 10.2. The summed E-state index contributed by atoms with van der Waals surface area (Å²) in [6, 6.07) is 4.08. The van der Waals surface area contributed by atoms with E-state index < -0.39 is 0 Å². The maximum atomic E-state index is 4.05. The predicted molar refractivity (Wildman–Crippen MR) is 76.7 cm³/mol. The van der Waals surface area contributed by atoms with E-state index in [1.807, 2.05) is 26.0 Å². The zero-order valence-corrected chi connectivity index (χ0v) is 13.3. The summed E-state index contributed by atoms with van der Waals surface area (Å²) in [6.45, 7) is 5.60.